The summed E-state index contributed by atoms with van der Waals surface area (Å²) in [5.41, 5.74) is 0.897. The van der Waals surface area contributed by atoms with E-state index in [-0.39, 0.29) is 26.3 Å². The Morgan fingerprint density at radius 2 is 1.66 bits per heavy atom. The molecule has 3 heterocycles. The van der Waals surface area contributed by atoms with Gasteiger partial charge >= 0.3 is 4.87 Å². The molecule has 4 aromatic rings. The van der Waals surface area contributed by atoms with Crippen LogP contribution in [0.4, 0.5) is 15.8 Å². The van der Waals surface area contributed by atoms with Gasteiger partial charge in [0.15, 0.2) is 0 Å². The molecule has 3 aromatic carbocycles. The Morgan fingerprint density at radius 1 is 0.977 bits per heavy atom. The Morgan fingerprint density at radius 3 is 2.32 bits per heavy atom. The number of fused-ring (bicyclic) bond motifs is 2. The zero-order chi connectivity index (χ0) is 31.5. The number of rotatable bonds is 6. The molecule has 3 N–H and O–H groups in total. The maximum Gasteiger partial charge on any atom is 0.308 e. The van der Waals surface area contributed by atoms with Gasteiger partial charge in [-0.05, 0) is 60.2 Å². The van der Waals surface area contributed by atoms with Crippen molar-refractivity contribution < 1.29 is 27.2 Å². The monoisotopic (exact) mass is 692 g/mol. The zero-order valence-electron chi connectivity index (χ0n) is 22.1. The molecule has 226 valence electrons. The minimum Gasteiger partial charge on any atom is -0.325 e. The average Bonchev–Trinajstić information content (AvgIpc) is 3.41. The van der Waals surface area contributed by atoms with Gasteiger partial charge in [0.05, 0.1) is 31.6 Å². The van der Waals surface area contributed by atoms with Crippen LogP contribution in [0.3, 0.4) is 0 Å². The highest BCUT2D eigenvalue weighted by Gasteiger charge is 2.57. The molecule has 44 heavy (non-hydrogen) atoms. The Bertz CT molecular complexity index is 2020. The molecule has 0 bridgehead atoms. The van der Waals surface area contributed by atoms with Crippen LogP contribution in [0.15, 0.2) is 81.4 Å². The van der Waals surface area contributed by atoms with Gasteiger partial charge in [-0.15, -0.1) is 0 Å². The predicted molar refractivity (Wildman–Crippen MR) is 165 cm³/mol. The Kier molecular flexibility index (Phi) is 7.93. The van der Waals surface area contributed by atoms with E-state index in [1.165, 1.54) is 41.0 Å². The molecule has 2 unspecified atom stereocenters. The molecule has 0 aliphatic carbocycles. The van der Waals surface area contributed by atoms with Crippen LogP contribution in [0, 0.1) is 11.7 Å². The molecule has 1 saturated heterocycles. The molecule has 16 heteroatoms. The van der Waals surface area contributed by atoms with Gasteiger partial charge in [-0.2, -0.15) is 0 Å². The minimum atomic E-state index is -3.93. The van der Waals surface area contributed by atoms with Gasteiger partial charge in [-0.3, -0.25) is 23.7 Å². The maximum absolute atomic E-state index is 13.9. The first-order valence-electron chi connectivity index (χ1n) is 12.8. The van der Waals surface area contributed by atoms with Crippen molar-refractivity contribution in [3.8, 4) is 0 Å². The SMILES string of the molecule is NS(=O)(=O)c1ccc(NC(=O)Cn2c3c(sc2=O)[C@H](c2cccc(Cl)c2Cl)C2C(=O)N(c4ccc(F)cc4)C(=O)C2S3)cc1. The number of hydrogen-bond acceptors (Lipinski definition) is 8. The molecule has 2 aliphatic rings. The summed E-state index contributed by atoms with van der Waals surface area (Å²) in [6.45, 7) is -0.439. The molecular weight excluding hydrogens is 674 g/mol. The van der Waals surface area contributed by atoms with Crippen LogP contribution in [0.5, 0.6) is 0 Å². The van der Waals surface area contributed by atoms with Crippen molar-refractivity contribution in [2.75, 3.05) is 10.2 Å². The number of halogens is 3. The highest BCUT2D eigenvalue weighted by Crippen LogP contribution is 2.55. The highest BCUT2D eigenvalue weighted by atomic mass is 35.5. The minimum absolute atomic E-state index is 0.138. The molecule has 1 fully saturated rings. The summed E-state index contributed by atoms with van der Waals surface area (Å²) in [6.07, 6.45) is 0. The van der Waals surface area contributed by atoms with E-state index in [1.54, 1.807) is 18.2 Å². The smallest absolute Gasteiger partial charge is 0.308 e. The Hall–Kier alpha value is -3.53. The van der Waals surface area contributed by atoms with E-state index in [4.69, 9.17) is 28.3 Å². The molecule has 6 rings (SSSR count). The van der Waals surface area contributed by atoms with Crippen LogP contribution in [-0.2, 0) is 31.0 Å². The number of carbonyl (C=O) groups excluding carboxylic acids is 3. The number of primary sulfonamides is 1. The van der Waals surface area contributed by atoms with E-state index >= 15 is 0 Å². The summed E-state index contributed by atoms with van der Waals surface area (Å²) in [7, 11) is -3.93. The fourth-order valence-electron chi connectivity index (χ4n) is 5.27. The molecule has 0 saturated carbocycles. The van der Waals surface area contributed by atoms with Crippen molar-refractivity contribution in [3.63, 3.8) is 0 Å². The number of sulfonamides is 1. The maximum atomic E-state index is 13.9. The molecule has 3 amide bonds. The number of carbonyl (C=O) groups is 3. The number of nitrogens with zero attached hydrogens (tertiary/aromatic N) is 2. The number of nitrogens with one attached hydrogen (secondary N) is 1. The molecule has 0 spiro atoms. The first kappa shape index (κ1) is 30.5. The third kappa shape index (κ3) is 5.35. The summed E-state index contributed by atoms with van der Waals surface area (Å²) in [6, 6.07) is 15.0. The quantitative estimate of drug-likeness (QED) is 0.284. The number of benzene rings is 3. The second-order valence-corrected chi connectivity index (χ2v) is 14.4. The molecular formula is C28H19Cl2FN4O6S3. The van der Waals surface area contributed by atoms with Gasteiger partial charge in [-0.25, -0.2) is 22.8 Å². The largest absolute Gasteiger partial charge is 0.325 e. The third-order valence-electron chi connectivity index (χ3n) is 7.22. The van der Waals surface area contributed by atoms with E-state index in [1.807, 2.05) is 0 Å². The van der Waals surface area contributed by atoms with Crippen LogP contribution >= 0.6 is 46.3 Å². The highest BCUT2D eigenvalue weighted by molar-refractivity contribution is 8.00. The number of hydrogen-bond donors (Lipinski definition) is 2. The van der Waals surface area contributed by atoms with E-state index in [0.29, 0.717) is 15.5 Å². The number of anilines is 2. The van der Waals surface area contributed by atoms with Crippen molar-refractivity contribution in [3.05, 3.63) is 103 Å². The summed E-state index contributed by atoms with van der Waals surface area (Å²) >= 11 is 14.8. The lowest BCUT2D eigenvalue weighted by atomic mass is 9.83. The van der Waals surface area contributed by atoms with Crippen molar-refractivity contribution in [1.29, 1.82) is 0 Å². The Labute approximate surface area is 267 Å². The number of nitrogens with two attached hydrogens (primary N) is 1. The number of thioether (sulfide) groups is 1. The lowest BCUT2D eigenvalue weighted by molar-refractivity contribution is -0.122. The fourth-order valence-corrected chi connectivity index (χ4v) is 8.97. The molecule has 2 aliphatic heterocycles. The van der Waals surface area contributed by atoms with Crippen molar-refractivity contribution in [2.24, 2.45) is 11.1 Å². The lowest BCUT2D eigenvalue weighted by Gasteiger charge is -2.31. The summed E-state index contributed by atoms with van der Waals surface area (Å²) in [4.78, 5) is 54.8. The topological polar surface area (TPSA) is 149 Å². The number of thiazole rings is 1. The number of imide groups is 1. The van der Waals surface area contributed by atoms with Crippen molar-refractivity contribution >= 4 is 85.4 Å². The first-order valence-corrected chi connectivity index (χ1v) is 16.7. The van der Waals surface area contributed by atoms with Crippen LogP contribution in [0.1, 0.15) is 16.4 Å². The van der Waals surface area contributed by atoms with Crippen LogP contribution in [0.25, 0.3) is 0 Å². The van der Waals surface area contributed by atoms with E-state index in [9.17, 15) is 32.0 Å². The van der Waals surface area contributed by atoms with Gasteiger partial charge in [0.2, 0.25) is 27.7 Å². The van der Waals surface area contributed by atoms with Crippen LogP contribution in [0.2, 0.25) is 10.0 Å². The summed E-state index contributed by atoms with van der Waals surface area (Å²) in [5.74, 6) is -4.06. The number of amides is 3. The van der Waals surface area contributed by atoms with Gasteiger partial charge in [0, 0.05) is 16.5 Å². The van der Waals surface area contributed by atoms with Crippen molar-refractivity contribution in [1.82, 2.24) is 4.57 Å². The third-order valence-corrected chi connectivity index (χ3v) is 11.6. The second-order valence-electron chi connectivity index (χ2n) is 9.91. The predicted octanol–water partition coefficient (Wildman–Crippen LogP) is 4.44. The van der Waals surface area contributed by atoms with Crippen LogP contribution in [-0.4, -0.2) is 36.0 Å². The van der Waals surface area contributed by atoms with E-state index in [0.717, 1.165) is 40.1 Å². The van der Waals surface area contributed by atoms with Crippen molar-refractivity contribution in [2.45, 2.75) is 27.6 Å². The standard InChI is InChI=1S/C28H19Cl2FN4O6S3/c29-18-3-1-2-17(22(18)30)20-21-23(26(38)35(25(21)37)15-8-4-13(31)5-9-15)42-27-24(20)43-28(39)34(27)12-19(36)33-14-6-10-16(11-7-14)44(32,40)41/h1-11,20-21,23H,12H2,(H,33,36)(H2,32,40,41)/t20-,21?,23?/m1/s1. The lowest BCUT2D eigenvalue weighted by Crippen LogP contribution is -2.33. The van der Waals surface area contributed by atoms with E-state index in [2.05, 4.69) is 5.32 Å². The summed E-state index contributed by atoms with van der Waals surface area (Å²) < 4.78 is 37.9. The molecule has 0 radical (unpaired) electrons. The van der Waals surface area contributed by atoms with Gasteiger partial charge in [0.25, 0.3) is 0 Å². The van der Waals surface area contributed by atoms with Crippen LogP contribution < -0.4 is 20.2 Å². The van der Waals surface area contributed by atoms with E-state index < -0.39 is 62.1 Å². The molecule has 3 atom stereocenters. The molecule has 1 aromatic heterocycles. The second kappa shape index (κ2) is 11.4. The average molecular weight is 694 g/mol. The first-order chi connectivity index (χ1) is 20.8. The van der Waals surface area contributed by atoms with Gasteiger partial charge in [-0.1, -0.05) is 58.4 Å². The number of aromatic nitrogens is 1. The normalized spacial score (nSPS) is 19.5. The summed E-state index contributed by atoms with van der Waals surface area (Å²) in [5, 5.41) is 7.43. The zero-order valence-corrected chi connectivity index (χ0v) is 26.0. The van der Waals surface area contributed by atoms with Gasteiger partial charge in [0.1, 0.15) is 17.6 Å². The fraction of sp³-hybridized carbons (Fsp3) is 0.143. The molecule has 10 nitrogen and oxygen atoms in total. The Balaban J connectivity index is 1.39. The van der Waals surface area contributed by atoms with Gasteiger partial charge < -0.3 is 5.32 Å².